The molecule has 0 heterocycles. The predicted octanol–water partition coefficient (Wildman–Crippen LogP) is 2.56. The van der Waals surface area contributed by atoms with E-state index in [1.807, 2.05) is 6.92 Å². The highest BCUT2D eigenvalue weighted by Crippen LogP contribution is 2.19. The second-order valence-corrected chi connectivity index (χ2v) is 3.39. The Morgan fingerprint density at radius 1 is 1.25 bits per heavy atom. The van der Waals surface area contributed by atoms with Crippen LogP contribution in [0.15, 0.2) is 12.1 Å². The van der Waals surface area contributed by atoms with Gasteiger partial charge in [0.2, 0.25) is 0 Å². The van der Waals surface area contributed by atoms with Gasteiger partial charge >= 0.3 is 0 Å². The van der Waals surface area contributed by atoms with E-state index in [1.54, 1.807) is 0 Å². The van der Waals surface area contributed by atoms with E-state index in [0.29, 0.717) is 6.61 Å². The molecule has 16 heavy (non-hydrogen) atoms. The Balaban J connectivity index is 2.72. The Morgan fingerprint density at radius 3 is 2.31 bits per heavy atom. The van der Waals surface area contributed by atoms with E-state index in [0.717, 1.165) is 18.6 Å². The highest BCUT2D eigenvalue weighted by Gasteiger charge is 2.15. The lowest BCUT2D eigenvalue weighted by atomic mass is 10.1. The van der Waals surface area contributed by atoms with Crippen molar-refractivity contribution >= 4 is 0 Å². The summed E-state index contributed by atoms with van der Waals surface area (Å²) in [6, 6.07) is 1.52. The van der Waals surface area contributed by atoms with Crippen LogP contribution in [-0.2, 0) is 4.74 Å². The van der Waals surface area contributed by atoms with Crippen LogP contribution in [0, 0.1) is 17.5 Å². The number of halogens is 3. The third kappa shape index (κ3) is 3.21. The Labute approximate surface area is 91.7 Å². The van der Waals surface area contributed by atoms with Crippen molar-refractivity contribution < 1.29 is 23.0 Å². The molecule has 5 heteroatoms. The number of aliphatic hydroxyl groups excluding tert-OH is 1. The number of rotatable bonds is 5. The molecule has 1 N–H and O–H groups in total. The van der Waals surface area contributed by atoms with Gasteiger partial charge in [0, 0.05) is 6.61 Å². The standard InChI is InChI=1S/C11H13F3O2/c1-2-3-16-6-10(15)7-4-8(12)11(14)9(13)5-7/h4-5,10,15H,2-3,6H2,1H3. The number of benzene rings is 1. The SMILES string of the molecule is CCCOCC(O)c1cc(F)c(F)c(F)c1. The summed E-state index contributed by atoms with van der Waals surface area (Å²) in [5.41, 5.74) is -0.0347. The molecule has 2 nitrogen and oxygen atoms in total. The predicted molar refractivity (Wildman–Crippen MR) is 52.4 cm³/mol. The summed E-state index contributed by atoms with van der Waals surface area (Å²) in [6.07, 6.45) is -0.380. The van der Waals surface area contributed by atoms with Crippen molar-refractivity contribution in [1.29, 1.82) is 0 Å². The number of hydrogen-bond donors (Lipinski definition) is 1. The van der Waals surface area contributed by atoms with E-state index in [4.69, 9.17) is 4.74 Å². The van der Waals surface area contributed by atoms with Crippen molar-refractivity contribution in [3.05, 3.63) is 35.1 Å². The first-order valence-electron chi connectivity index (χ1n) is 4.96. The Bertz CT molecular complexity index is 332. The molecule has 1 aromatic carbocycles. The van der Waals surface area contributed by atoms with E-state index in [9.17, 15) is 18.3 Å². The van der Waals surface area contributed by atoms with E-state index in [2.05, 4.69) is 0 Å². The smallest absolute Gasteiger partial charge is 0.194 e. The average molecular weight is 234 g/mol. The lowest BCUT2D eigenvalue weighted by Crippen LogP contribution is -2.09. The van der Waals surface area contributed by atoms with Crippen molar-refractivity contribution in [1.82, 2.24) is 0 Å². The molecule has 0 aromatic heterocycles. The van der Waals surface area contributed by atoms with Gasteiger partial charge in [-0.1, -0.05) is 6.92 Å². The summed E-state index contributed by atoms with van der Waals surface area (Å²) in [5, 5.41) is 9.51. The molecule has 0 aliphatic rings. The maximum Gasteiger partial charge on any atom is 0.194 e. The monoisotopic (exact) mass is 234 g/mol. The molecule has 0 fully saturated rings. The van der Waals surface area contributed by atoms with Crippen LogP contribution in [-0.4, -0.2) is 18.3 Å². The molecule has 1 rings (SSSR count). The zero-order valence-electron chi connectivity index (χ0n) is 8.84. The van der Waals surface area contributed by atoms with Crippen LogP contribution in [0.5, 0.6) is 0 Å². The number of hydrogen-bond acceptors (Lipinski definition) is 2. The first-order chi connectivity index (χ1) is 7.56. The minimum atomic E-state index is -1.54. The molecule has 0 saturated carbocycles. The van der Waals surface area contributed by atoms with E-state index in [-0.39, 0.29) is 12.2 Å². The summed E-state index contributed by atoms with van der Waals surface area (Å²) in [6.45, 7) is 2.27. The fourth-order valence-corrected chi connectivity index (χ4v) is 1.20. The summed E-state index contributed by atoms with van der Waals surface area (Å²) in [4.78, 5) is 0. The van der Waals surface area contributed by atoms with Crippen LogP contribution in [0.1, 0.15) is 25.0 Å². The van der Waals surface area contributed by atoms with Gasteiger partial charge in [-0.2, -0.15) is 0 Å². The van der Waals surface area contributed by atoms with E-state index in [1.165, 1.54) is 0 Å². The van der Waals surface area contributed by atoms with Gasteiger partial charge in [-0.15, -0.1) is 0 Å². The Morgan fingerprint density at radius 2 is 1.81 bits per heavy atom. The molecule has 0 aliphatic heterocycles. The molecular weight excluding hydrogens is 221 g/mol. The van der Waals surface area contributed by atoms with Gasteiger partial charge in [0.05, 0.1) is 6.61 Å². The van der Waals surface area contributed by atoms with Gasteiger partial charge in [0.15, 0.2) is 17.5 Å². The van der Waals surface area contributed by atoms with Crippen LogP contribution < -0.4 is 0 Å². The summed E-state index contributed by atoms with van der Waals surface area (Å²) < 4.78 is 43.3. The van der Waals surface area contributed by atoms with Crippen molar-refractivity contribution in [2.75, 3.05) is 13.2 Å². The van der Waals surface area contributed by atoms with Gasteiger partial charge in [-0.25, -0.2) is 13.2 Å². The van der Waals surface area contributed by atoms with Gasteiger partial charge in [0.1, 0.15) is 6.10 Å². The molecule has 90 valence electrons. The largest absolute Gasteiger partial charge is 0.386 e. The molecule has 1 unspecified atom stereocenters. The minimum Gasteiger partial charge on any atom is -0.386 e. The second-order valence-electron chi connectivity index (χ2n) is 3.39. The number of ether oxygens (including phenoxy) is 1. The third-order valence-corrected chi connectivity index (χ3v) is 2.02. The lowest BCUT2D eigenvalue weighted by Gasteiger charge is -2.11. The maximum atomic E-state index is 12.8. The molecule has 0 bridgehead atoms. The maximum absolute atomic E-state index is 12.8. The first-order valence-corrected chi connectivity index (χ1v) is 4.96. The molecule has 0 spiro atoms. The fourth-order valence-electron chi connectivity index (χ4n) is 1.20. The third-order valence-electron chi connectivity index (χ3n) is 2.02. The number of aliphatic hydroxyl groups is 1. The van der Waals surface area contributed by atoms with E-state index >= 15 is 0 Å². The van der Waals surface area contributed by atoms with Crippen molar-refractivity contribution in [3.8, 4) is 0 Å². The summed E-state index contributed by atoms with van der Waals surface area (Å²) in [5.74, 6) is -4.17. The van der Waals surface area contributed by atoms with Crippen LogP contribution in [0.4, 0.5) is 13.2 Å². The topological polar surface area (TPSA) is 29.5 Å². The van der Waals surface area contributed by atoms with Crippen LogP contribution >= 0.6 is 0 Å². The van der Waals surface area contributed by atoms with Crippen LogP contribution in [0.2, 0.25) is 0 Å². The van der Waals surface area contributed by atoms with Gasteiger partial charge in [0.25, 0.3) is 0 Å². The van der Waals surface area contributed by atoms with Crippen molar-refractivity contribution in [2.45, 2.75) is 19.4 Å². The van der Waals surface area contributed by atoms with Crippen LogP contribution in [0.25, 0.3) is 0 Å². The van der Waals surface area contributed by atoms with Crippen molar-refractivity contribution in [2.24, 2.45) is 0 Å². The average Bonchev–Trinajstić information content (AvgIpc) is 2.25. The summed E-state index contributed by atoms with van der Waals surface area (Å²) >= 11 is 0. The molecule has 1 aromatic rings. The fraction of sp³-hybridized carbons (Fsp3) is 0.455. The van der Waals surface area contributed by atoms with Gasteiger partial charge < -0.3 is 9.84 Å². The lowest BCUT2D eigenvalue weighted by molar-refractivity contribution is 0.0360. The highest BCUT2D eigenvalue weighted by atomic mass is 19.2. The normalized spacial score (nSPS) is 12.8. The molecular formula is C11H13F3O2. The minimum absolute atomic E-state index is 0.0347. The summed E-state index contributed by atoms with van der Waals surface area (Å²) in [7, 11) is 0. The van der Waals surface area contributed by atoms with Gasteiger partial charge in [-0.05, 0) is 24.1 Å². The molecule has 0 radical (unpaired) electrons. The zero-order chi connectivity index (χ0) is 12.1. The molecule has 0 amide bonds. The Kier molecular flexibility index (Phi) is 4.76. The molecule has 1 atom stereocenters. The van der Waals surface area contributed by atoms with Gasteiger partial charge in [-0.3, -0.25) is 0 Å². The zero-order valence-corrected chi connectivity index (χ0v) is 8.84. The highest BCUT2D eigenvalue weighted by molar-refractivity contribution is 5.21. The Hall–Kier alpha value is -1.07. The van der Waals surface area contributed by atoms with Crippen molar-refractivity contribution in [3.63, 3.8) is 0 Å². The van der Waals surface area contributed by atoms with E-state index < -0.39 is 23.6 Å². The molecule has 0 saturated heterocycles. The molecule has 0 aliphatic carbocycles. The first kappa shape index (κ1) is 13.0. The quantitative estimate of drug-likeness (QED) is 0.626. The van der Waals surface area contributed by atoms with Crippen LogP contribution in [0.3, 0.4) is 0 Å². The second kappa shape index (κ2) is 5.86.